The van der Waals surface area contributed by atoms with Gasteiger partial charge in [-0.05, 0) is 50.5 Å². The zero-order chi connectivity index (χ0) is 10.7. The molecule has 1 N–H and O–H groups in total. The summed E-state index contributed by atoms with van der Waals surface area (Å²) >= 11 is 0. The van der Waals surface area contributed by atoms with Crippen molar-refractivity contribution >= 4 is 0 Å². The molecule has 2 saturated carbocycles. The van der Waals surface area contributed by atoms with Crippen molar-refractivity contribution in [2.24, 2.45) is 17.8 Å². The molecule has 1 heteroatoms. The topological polar surface area (TPSA) is 12.0 Å². The lowest BCUT2D eigenvalue weighted by Gasteiger charge is -2.27. The molecule has 0 heterocycles. The van der Waals surface area contributed by atoms with Crippen molar-refractivity contribution in [3.63, 3.8) is 0 Å². The predicted molar refractivity (Wildman–Crippen MR) is 65.9 cm³/mol. The molecule has 2 aliphatic carbocycles. The Kier molecular flexibility index (Phi) is 4.07. The Morgan fingerprint density at radius 3 is 2.20 bits per heavy atom. The van der Waals surface area contributed by atoms with Gasteiger partial charge in [0, 0.05) is 6.04 Å². The SMILES string of the molecule is CC1CCC(CNC(C)CC2CC2)CC1. The first-order valence-corrected chi connectivity index (χ1v) is 6.97. The quantitative estimate of drug-likeness (QED) is 0.729. The van der Waals surface area contributed by atoms with E-state index in [1.165, 1.54) is 51.5 Å². The summed E-state index contributed by atoms with van der Waals surface area (Å²) in [4.78, 5) is 0. The van der Waals surface area contributed by atoms with Crippen LogP contribution in [-0.2, 0) is 0 Å². The van der Waals surface area contributed by atoms with Crippen molar-refractivity contribution in [3.05, 3.63) is 0 Å². The van der Waals surface area contributed by atoms with Gasteiger partial charge in [0.1, 0.15) is 0 Å². The van der Waals surface area contributed by atoms with Crippen LogP contribution < -0.4 is 5.32 Å². The van der Waals surface area contributed by atoms with Crippen LogP contribution in [0, 0.1) is 17.8 Å². The summed E-state index contributed by atoms with van der Waals surface area (Å²) in [6.45, 7) is 6.05. The van der Waals surface area contributed by atoms with Crippen LogP contribution in [0.2, 0.25) is 0 Å². The summed E-state index contributed by atoms with van der Waals surface area (Å²) in [5.74, 6) is 3.03. The van der Waals surface area contributed by atoms with Gasteiger partial charge in [-0.3, -0.25) is 0 Å². The summed E-state index contributed by atoms with van der Waals surface area (Å²) in [6, 6.07) is 0.761. The Bertz CT molecular complexity index is 178. The van der Waals surface area contributed by atoms with E-state index in [2.05, 4.69) is 19.2 Å². The molecule has 2 fully saturated rings. The van der Waals surface area contributed by atoms with Gasteiger partial charge in [-0.2, -0.15) is 0 Å². The summed E-state index contributed by atoms with van der Waals surface area (Å²) in [6.07, 6.45) is 10.3. The maximum absolute atomic E-state index is 3.74. The maximum Gasteiger partial charge on any atom is 0.00414 e. The van der Waals surface area contributed by atoms with Gasteiger partial charge in [-0.15, -0.1) is 0 Å². The van der Waals surface area contributed by atoms with E-state index in [1.54, 1.807) is 0 Å². The highest BCUT2D eigenvalue weighted by atomic mass is 14.9. The Balaban J connectivity index is 1.56. The monoisotopic (exact) mass is 209 g/mol. The highest BCUT2D eigenvalue weighted by Gasteiger charge is 2.24. The lowest BCUT2D eigenvalue weighted by Crippen LogP contribution is -2.33. The molecule has 15 heavy (non-hydrogen) atoms. The van der Waals surface area contributed by atoms with E-state index in [-0.39, 0.29) is 0 Å². The van der Waals surface area contributed by atoms with Crippen LogP contribution in [0.15, 0.2) is 0 Å². The molecule has 1 unspecified atom stereocenters. The summed E-state index contributed by atoms with van der Waals surface area (Å²) in [5.41, 5.74) is 0. The highest BCUT2D eigenvalue weighted by Crippen LogP contribution is 2.33. The normalized spacial score (nSPS) is 34.0. The van der Waals surface area contributed by atoms with E-state index in [0.717, 1.165) is 23.8 Å². The third-order valence-electron chi connectivity index (χ3n) is 4.27. The van der Waals surface area contributed by atoms with Crippen LogP contribution in [0.3, 0.4) is 0 Å². The van der Waals surface area contributed by atoms with Crippen molar-refractivity contribution < 1.29 is 0 Å². The van der Waals surface area contributed by atoms with E-state index in [9.17, 15) is 0 Å². The molecule has 2 rings (SSSR count). The van der Waals surface area contributed by atoms with Crippen molar-refractivity contribution in [1.82, 2.24) is 5.32 Å². The van der Waals surface area contributed by atoms with Gasteiger partial charge >= 0.3 is 0 Å². The molecular weight excluding hydrogens is 182 g/mol. The molecule has 0 aliphatic heterocycles. The average molecular weight is 209 g/mol. The van der Waals surface area contributed by atoms with E-state index in [4.69, 9.17) is 0 Å². The molecule has 0 radical (unpaired) electrons. The first-order chi connectivity index (χ1) is 7.24. The van der Waals surface area contributed by atoms with Crippen molar-refractivity contribution in [2.75, 3.05) is 6.54 Å². The molecule has 1 nitrogen and oxygen atoms in total. The Hall–Kier alpha value is -0.0400. The molecule has 0 amide bonds. The Labute approximate surface area is 95.0 Å². The van der Waals surface area contributed by atoms with Gasteiger partial charge in [-0.1, -0.05) is 32.6 Å². The lowest BCUT2D eigenvalue weighted by molar-refractivity contribution is 0.273. The lowest BCUT2D eigenvalue weighted by atomic mass is 9.83. The standard InChI is InChI=1S/C14H27N/c1-11-3-5-14(6-4-11)10-15-12(2)9-13-7-8-13/h11-15H,3-10H2,1-2H3. The number of rotatable bonds is 5. The van der Waals surface area contributed by atoms with Crippen LogP contribution in [0.5, 0.6) is 0 Å². The minimum atomic E-state index is 0.761. The molecule has 0 bridgehead atoms. The molecule has 1 atom stereocenters. The number of hydrogen-bond acceptors (Lipinski definition) is 1. The minimum Gasteiger partial charge on any atom is -0.314 e. The zero-order valence-corrected chi connectivity index (χ0v) is 10.5. The van der Waals surface area contributed by atoms with Crippen LogP contribution in [0.25, 0.3) is 0 Å². The third-order valence-corrected chi connectivity index (χ3v) is 4.27. The van der Waals surface area contributed by atoms with Gasteiger partial charge in [-0.25, -0.2) is 0 Å². The molecule has 0 aromatic carbocycles. The summed E-state index contributed by atoms with van der Waals surface area (Å²) in [7, 11) is 0. The Morgan fingerprint density at radius 2 is 1.60 bits per heavy atom. The number of nitrogens with one attached hydrogen (secondary N) is 1. The van der Waals surface area contributed by atoms with Gasteiger partial charge < -0.3 is 5.32 Å². The Morgan fingerprint density at radius 1 is 1.00 bits per heavy atom. The molecule has 0 spiro atoms. The summed E-state index contributed by atoms with van der Waals surface area (Å²) in [5, 5.41) is 3.74. The first kappa shape index (κ1) is 11.4. The predicted octanol–water partition coefficient (Wildman–Crippen LogP) is 3.59. The molecule has 2 aliphatic rings. The number of hydrogen-bond donors (Lipinski definition) is 1. The van der Waals surface area contributed by atoms with Crippen molar-refractivity contribution in [1.29, 1.82) is 0 Å². The second kappa shape index (κ2) is 5.34. The van der Waals surface area contributed by atoms with E-state index in [1.807, 2.05) is 0 Å². The molecule has 0 saturated heterocycles. The fourth-order valence-electron chi connectivity index (χ4n) is 2.84. The molecule has 0 aromatic rings. The van der Waals surface area contributed by atoms with Gasteiger partial charge in [0.2, 0.25) is 0 Å². The van der Waals surface area contributed by atoms with Crippen LogP contribution in [0.4, 0.5) is 0 Å². The second-order valence-corrected chi connectivity index (χ2v) is 6.11. The fraction of sp³-hybridized carbons (Fsp3) is 1.00. The van der Waals surface area contributed by atoms with Gasteiger partial charge in [0.25, 0.3) is 0 Å². The van der Waals surface area contributed by atoms with Gasteiger partial charge in [0.15, 0.2) is 0 Å². The van der Waals surface area contributed by atoms with Crippen LogP contribution in [0.1, 0.15) is 58.8 Å². The van der Waals surface area contributed by atoms with Crippen molar-refractivity contribution in [3.8, 4) is 0 Å². The van der Waals surface area contributed by atoms with Crippen LogP contribution in [-0.4, -0.2) is 12.6 Å². The van der Waals surface area contributed by atoms with E-state index >= 15 is 0 Å². The van der Waals surface area contributed by atoms with Crippen molar-refractivity contribution in [2.45, 2.75) is 64.8 Å². The minimum absolute atomic E-state index is 0.761. The van der Waals surface area contributed by atoms with E-state index in [0.29, 0.717) is 0 Å². The van der Waals surface area contributed by atoms with Crippen LogP contribution >= 0.6 is 0 Å². The second-order valence-electron chi connectivity index (χ2n) is 6.11. The third kappa shape index (κ3) is 4.14. The fourth-order valence-corrected chi connectivity index (χ4v) is 2.84. The molecule has 0 aromatic heterocycles. The average Bonchev–Trinajstić information content (AvgIpc) is 3.01. The van der Waals surface area contributed by atoms with E-state index < -0.39 is 0 Å². The van der Waals surface area contributed by atoms with Gasteiger partial charge in [0.05, 0.1) is 0 Å². The summed E-state index contributed by atoms with van der Waals surface area (Å²) < 4.78 is 0. The highest BCUT2D eigenvalue weighted by molar-refractivity contribution is 4.79. The molecule has 88 valence electrons. The zero-order valence-electron chi connectivity index (χ0n) is 10.5. The first-order valence-electron chi connectivity index (χ1n) is 6.97. The molecular formula is C14H27N. The maximum atomic E-state index is 3.74. The largest absolute Gasteiger partial charge is 0.314 e. The smallest absolute Gasteiger partial charge is 0.00414 e.